The summed E-state index contributed by atoms with van der Waals surface area (Å²) in [6.07, 6.45) is 5.08. The summed E-state index contributed by atoms with van der Waals surface area (Å²) in [7, 11) is 0. The van der Waals surface area contributed by atoms with Crippen LogP contribution < -0.4 is 4.90 Å². The standard InChI is InChI=1S/C15H24N2O/c1-12(18)13-5-6-14(16-11-13)17-9-4-7-15(2,3)8-10-17/h5-6,11-12,18H,4,7-10H2,1-3H3. The predicted molar refractivity (Wildman–Crippen MR) is 74.7 cm³/mol. The maximum absolute atomic E-state index is 9.48. The fourth-order valence-electron chi connectivity index (χ4n) is 2.48. The molecular weight excluding hydrogens is 224 g/mol. The Labute approximate surface area is 110 Å². The van der Waals surface area contributed by atoms with E-state index in [-0.39, 0.29) is 0 Å². The summed E-state index contributed by atoms with van der Waals surface area (Å²) in [4.78, 5) is 6.84. The van der Waals surface area contributed by atoms with Crippen LogP contribution in [0.15, 0.2) is 18.3 Å². The molecule has 1 aliphatic heterocycles. The van der Waals surface area contributed by atoms with Gasteiger partial charge in [-0.15, -0.1) is 0 Å². The van der Waals surface area contributed by atoms with E-state index in [0.717, 1.165) is 24.5 Å². The highest BCUT2D eigenvalue weighted by atomic mass is 16.3. The number of pyridine rings is 1. The third kappa shape index (κ3) is 3.22. The van der Waals surface area contributed by atoms with E-state index >= 15 is 0 Å². The zero-order valence-corrected chi connectivity index (χ0v) is 11.7. The molecule has 2 rings (SSSR count). The SMILES string of the molecule is CC(O)c1ccc(N2CCCC(C)(C)CC2)nc1. The number of hydrogen-bond acceptors (Lipinski definition) is 3. The van der Waals surface area contributed by atoms with Crippen molar-refractivity contribution in [3.8, 4) is 0 Å². The largest absolute Gasteiger partial charge is 0.389 e. The summed E-state index contributed by atoms with van der Waals surface area (Å²) < 4.78 is 0. The van der Waals surface area contributed by atoms with Crippen LogP contribution in [-0.4, -0.2) is 23.2 Å². The van der Waals surface area contributed by atoms with E-state index in [2.05, 4.69) is 23.7 Å². The molecule has 1 aromatic heterocycles. The van der Waals surface area contributed by atoms with Crippen LogP contribution in [0.2, 0.25) is 0 Å². The maximum atomic E-state index is 9.48. The van der Waals surface area contributed by atoms with E-state index in [1.54, 1.807) is 13.1 Å². The number of rotatable bonds is 2. The van der Waals surface area contributed by atoms with Crippen molar-refractivity contribution in [1.82, 2.24) is 4.98 Å². The lowest BCUT2D eigenvalue weighted by atomic mass is 9.85. The number of hydrogen-bond donors (Lipinski definition) is 1. The number of aliphatic hydroxyl groups is 1. The predicted octanol–water partition coefficient (Wildman–Crippen LogP) is 3.15. The molecule has 0 saturated carbocycles. The van der Waals surface area contributed by atoms with E-state index in [1.807, 2.05) is 12.1 Å². The highest BCUT2D eigenvalue weighted by Gasteiger charge is 2.23. The molecule has 1 N–H and O–H groups in total. The zero-order chi connectivity index (χ0) is 13.2. The van der Waals surface area contributed by atoms with Crippen molar-refractivity contribution >= 4 is 5.82 Å². The van der Waals surface area contributed by atoms with Crippen molar-refractivity contribution in [2.24, 2.45) is 5.41 Å². The Kier molecular flexibility index (Phi) is 3.91. The Morgan fingerprint density at radius 1 is 1.28 bits per heavy atom. The fraction of sp³-hybridized carbons (Fsp3) is 0.667. The smallest absolute Gasteiger partial charge is 0.128 e. The van der Waals surface area contributed by atoms with Crippen molar-refractivity contribution in [2.45, 2.75) is 46.1 Å². The first-order valence-electron chi connectivity index (χ1n) is 6.87. The van der Waals surface area contributed by atoms with Gasteiger partial charge in [0, 0.05) is 19.3 Å². The van der Waals surface area contributed by atoms with Crippen LogP contribution in [0.5, 0.6) is 0 Å². The molecule has 0 spiro atoms. The Hall–Kier alpha value is -1.09. The van der Waals surface area contributed by atoms with Crippen molar-refractivity contribution in [1.29, 1.82) is 0 Å². The third-order valence-corrected chi connectivity index (χ3v) is 3.92. The second kappa shape index (κ2) is 5.27. The molecule has 1 aliphatic rings. The van der Waals surface area contributed by atoms with Crippen LogP contribution in [0.1, 0.15) is 51.7 Å². The molecule has 0 aromatic carbocycles. The van der Waals surface area contributed by atoms with E-state index in [1.165, 1.54) is 19.3 Å². The highest BCUT2D eigenvalue weighted by molar-refractivity contribution is 5.39. The minimum Gasteiger partial charge on any atom is -0.389 e. The summed E-state index contributed by atoms with van der Waals surface area (Å²) in [5, 5.41) is 9.48. The first-order chi connectivity index (χ1) is 8.48. The quantitative estimate of drug-likeness (QED) is 0.873. The van der Waals surface area contributed by atoms with Crippen LogP contribution in [0.3, 0.4) is 0 Å². The zero-order valence-electron chi connectivity index (χ0n) is 11.7. The van der Waals surface area contributed by atoms with E-state index in [0.29, 0.717) is 5.41 Å². The number of aliphatic hydroxyl groups excluding tert-OH is 1. The first-order valence-corrected chi connectivity index (χ1v) is 6.87. The molecule has 3 nitrogen and oxygen atoms in total. The lowest BCUT2D eigenvalue weighted by Crippen LogP contribution is -2.25. The minimum absolute atomic E-state index is 0.436. The van der Waals surface area contributed by atoms with Gasteiger partial charge in [0.25, 0.3) is 0 Å². The van der Waals surface area contributed by atoms with Gasteiger partial charge >= 0.3 is 0 Å². The Morgan fingerprint density at radius 2 is 2.06 bits per heavy atom. The van der Waals surface area contributed by atoms with Gasteiger partial charge in [-0.05, 0) is 43.2 Å². The Balaban J connectivity index is 2.07. The molecular formula is C15H24N2O. The van der Waals surface area contributed by atoms with Gasteiger partial charge in [0.1, 0.15) is 5.82 Å². The minimum atomic E-state index is -0.436. The van der Waals surface area contributed by atoms with Crippen molar-refractivity contribution < 1.29 is 5.11 Å². The summed E-state index contributed by atoms with van der Waals surface area (Å²) in [6.45, 7) is 8.63. The van der Waals surface area contributed by atoms with E-state index in [4.69, 9.17) is 0 Å². The topological polar surface area (TPSA) is 36.4 Å². The number of aromatic nitrogens is 1. The molecule has 0 aliphatic carbocycles. The third-order valence-electron chi connectivity index (χ3n) is 3.92. The van der Waals surface area contributed by atoms with Gasteiger partial charge < -0.3 is 10.0 Å². The van der Waals surface area contributed by atoms with Gasteiger partial charge in [0.2, 0.25) is 0 Å². The molecule has 0 amide bonds. The van der Waals surface area contributed by atoms with Crippen molar-refractivity contribution in [2.75, 3.05) is 18.0 Å². The van der Waals surface area contributed by atoms with Crippen LogP contribution >= 0.6 is 0 Å². The summed E-state index contributed by atoms with van der Waals surface area (Å²) in [5.74, 6) is 1.04. The van der Waals surface area contributed by atoms with E-state index in [9.17, 15) is 5.11 Å². The second-order valence-corrected chi connectivity index (χ2v) is 6.13. The molecule has 18 heavy (non-hydrogen) atoms. The molecule has 100 valence electrons. The van der Waals surface area contributed by atoms with Gasteiger partial charge in [-0.2, -0.15) is 0 Å². The van der Waals surface area contributed by atoms with Gasteiger partial charge in [0.05, 0.1) is 6.10 Å². The summed E-state index contributed by atoms with van der Waals surface area (Å²) in [5.41, 5.74) is 1.34. The van der Waals surface area contributed by atoms with Crippen molar-refractivity contribution in [3.63, 3.8) is 0 Å². The second-order valence-electron chi connectivity index (χ2n) is 6.13. The summed E-state index contributed by atoms with van der Waals surface area (Å²) in [6, 6.07) is 4.00. The first kappa shape index (κ1) is 13.3. The molecule has 1 atom stereocenters. The molecule has 1 fully saturated rings. The normalized spacial score (nSPS) is 21.4. The van der Waals surface area contributed by atoms with E-state index < -0.39 is 6.10 Å². The van der Waals surface area contributed by atoms with Crippen LogP contribution in [0.4, 0.5) is 5.82 Å². The molecule has 1 aromatic rings. The monoisotopic (exact) mass is 248 g/mol. The molecule has 3 heteroatoms. The lowest BCUT2D eigenvalue weighted by molar-refractivity contribution is 0.199. The Morgan fingerprint density at radius 3 is 2.67 bits per heavy atom. The average Bonchev–Trinajstić information content (AvgIpc) is 2.50. The molecule has 0 bridgehead atoms. The fourth-order valence-corrected chi connectivity index (χ4v) is 2.48. The number of nitrogens with zero attached hydrogens (tertiary/aromatic N) is 2. The molecule has 1 saturated heterocycles. The highest BCUT2D eigenvalue weighted by Crippen LogP contribution is 2.31. The van der Waals surface area contributed by atoms with Crippen LogP contribution in [0, 0.1) is 5.41 Å². The lowest BCUT2D eigenvalue weighted by Gasteiger charge is -2.24. The maximum Gasteiger partial charge on any atom is 0.128 e. The van der Waals surface area contributed by atoms with Gasteiger partial charge in [-0.25, -0.2) is 4.98 Å². The average molecular weight is 248 g/mol. The molecule has 2 heterocycles. The number of anilines is 1. The van der Waals surface area contributed by atoms with Crippen molar-refractivity contribution in [3.05, 3.63) is 23.9 Å². The van der Waals surface area contributed by atoms with Gasteiger partial charge in [-0.3, -0.25) is 0 Å². The Bertz CT molecular complexity index is 384. The van der Waals surface area contributed by atoms with Crippen LogP contribution in [-0.2, 0) is 0 Å². The molecule has 0 radical (unpaired) electrons. The van der Waals surface area contributed by atoms with Gasteiger partial charge in [-0.1, -0.05) is 19.9 Å². The summed E-state index contributed by atoms with van der Waals surface area (Å²) >= 11 is 0. The molecule has 1 unspecified atom stereocenters. The van der Waals surface area contributed by atoms with Gasteiger partial charge in [0.15, 0.2) is 0 Å². The van der Waals surface area contributed by atoms with Crippen LogP contribution in [0.25, 0.3) is 0 Å².